The molecule has 0 bridgehead atoms. The van der Waals surface area contributed by atoms with Gasteiger partial charge in [-0.05, 0) is 99.4 Å². The number of hydrogen-bond donors (Lipinski definition) is 15. The van der Waals surface area contributed by atoms with Crippen LogP contribution in [0.2, 0.25) is 0 Å². The predicted octanol–water partition coefficient (Wildman–Crippen LogP) is -1.31. The molecule has 0 radical (unpaired) electrons. The molecule has 9 atom stereocenters. The van der Waals surface area contributed by atoms with Gasteiger partial charge in [0.2, 0.25) is 65.0 Å². The van der Waals surface area contributed by atoms with E-state index < -0.39 is 139 Å². The lowest BCUT2D eigenvalue weighted by Crippen LogP contribution is -2.62. The maximum atomic E-state index is 14.8. The van der Waals surface area contributed by atoms with Gasteiger partial charge in [-0.15, -0.1) is 0 Å². The molecule has 7 rings (SSSR count). The van der Waals surface area contributed by atoms with E-state index in [0.717, 1.165) is 0 Å². The number of likely N-dealkylation sites (tertiary alicyclic amines) is 1. The van der Waals surface area contributed by atoms with E-state index in [1.165, 1.54) is 53.8 Å². The molecule has 2 aromatic heterocycles. The van der Waals surface area contributed by atoms with Gasteiger partial charge in [-0.2, -0.15) is 0 Å². The van der Waals surface area contributed by atoms with Crippen LogP contribution >= 0.6 is 0 Å². The minimum absolute atomic E-state index is 0.00396. The first-order valence-electron chi connectivity index (χ1n) is 30.4. The van der Waals surface area contributed by atoms with Crippen molar-refractivity contribution in [1.29, 1.82) is 0 Å². The Kier molecular flexibility index (Phi) is 24.4. The number of aliphatic hydroxyl groups is 1. The number of nitrogens with one attached hydrogen (secondary N) is 11. The van der Waals surface area contributed by atoms with Crippen molar-refractivity contribution >= 4 is 75.9 Å². The van der Waals surface area contributed by atoms with E-state index >= 15 is 0 Å². The lowest BCUT2D eigenvalue weighted by atomic mass is 10.00. The van der Waals surface area contributed by atoms with Gasteiger partial charge in [-0.1, -0.05) is 56.3 Å². The molecule has 0 spiro atoms. The number of aliphatic hydroxyl groups excluding tert-OH is 1. The van der Waals surface area contributed by atoms with Gasteiger partial charge in [-0.25, -0.2) is 4.98 Å². The molecule has 2 saturated heterocycles. The summed E-state index contributed by atoms with van der Waals surface area (Å²) in [5, 5.41) is 55.3. The summed E-state index contributed by atoms with van der Waals surface area (Å²) < 4.78 is 6.04. The number of amides is 11. The Morgan fingerprint density at radius 1 is 0.663 bits per heavy atom. The van der Waals surface area contributed by atoms with Crippen LogP contribution in [-0.4, -0.2) is 186 Å². The quantitative estimate of drug-likeness (QED) is 0.0245. The van der Waals surface area contributed by atoms with Crippen LogP contribution in [0.15, 0.2) is 91.5 Å². The molecule has 3 aromatic carbocycles. The zero-order valence-corrected chi connectivity index (χ0v) is 51.8. The number of phenolic OH excluding ortho intramolecular Hbond substituents is 2. The fraction of sp³-hybridized carbons (Fsp3) is 0.460. The average Bonchev–Trinajstić information content (AvgIpc) is 1.72. The lowest BCUT2D eigenvalue weighted by Gasteiger charge is -2.31. The number of nitrogens with zero attached hydrogens (tertiary/aromatic N) is 2. The predicted molar refractivity (Wildman–Crippen MR) is 332 cm³/mol. The minimum Gasteiger partial charge on any atom is -0.508 e. The van der Waals surface area contributed by atoms with Crippen LogP contribution in [-0.2, 0) is 83.2 Å². The molecule has 0 aliphatic carbocycles. The monoisotopic (exact) mass is 1270 g/mol. The van der Waals surface area contributed by atoms with E-state index in [-0.39, 0.29) is 81.2 Å². The molecule has 29 heteroatoms. The Hall–Kier alpha value is -9.90. The Morgan fingerprint density at radius 2 is 1.21 bits per heavy atom. The standard InChI is InChI=1S/C63H82N14O15/c1-34(2)23-44(55(84)74-48(25-36-14-18-40(80)19-15-36)62(91)77-22-8-11-51(77)61(90)67-30-52(64)81)70-60(89)50(32-92-63(3,4)5)76-56(85)45(24-35-12-16-39(79)17-13-35)71-59(88)49(31-78)75-57(86)46(26-37-28-66-42-10-7-6-9-41(37)42)72-58(87)47(27-38-29-65-33-68-38)73-54(83)43-20-21-53(82)69-43/h6-7,9-10,12-19,28-29,33-34,43-51,66,78-80H,8,11,20-27,30-32H2,1-5H3,(H2,64,81)(H,65,68)(H,67,90)(H,69,82)(H,70,89)(H,71,88)(H,72,87)(H,73,83)(H,74,84)(H,75,86)(H,76,85)/t43-,44-,45-,46-,47-,48-,49-,50+,51-/m0/s1. The molecule has 16 N–H and O–H groups in total. The summed E-state index contributed by atoms with van der Waals surface area (Å²) in [6, 6.07) is 6.22. The lowest BCUT2D eigenvalue weighted by molar-refractivity contribution is -0.142. The molecule has 494 valence electrons. The van der Waals surface area contributed by atoms with Gasteiger partial charge in [0.25, 0.3) is 0 Å². The van der Waals surface area contributed by atoms with Gasteiger partial charge in [-0.3, -0.25) is 52.7 Å². The second kappa shape index (κ2) is 32.2. The SMILES string of the molecule is CC(C)C[C@H](NC(=O)[C@@H](COC(C)(C)C)NC(=O)[C@H](Cc1ccc(O)cc1)NC(=O)[C@H](CO)NC(=O)[C@H](Cc1c[nH]c2ccccc12)NC(=O)[C@H](Cc1c[nH]cn1)NC(=O)[C@@H]1CCC(=O)N1)C(=O)N[C@@H](Cc1ccc(O)cc1)C(=O)N1CCC[C@H]1C(=O)NCC(N)=O. The number of aromatic amines is 2. The minimum atomic E-state index is -1.80. The molecule has 0 saturated carbocycles. The third-order valence-corrected chi connectivity index (χ3v) is 15.4. The van der Waals surface area contributed by atoms with Crippen molar-refractivity contribution in [3.05, 3.63) is 114 Å². The topological polar surface area (TPSA) is 440 Å². The van der Waals surface area contributed by atoms with Crippen molar-refractivity contribution in [3.63, 3.8) is 0 Å². The number of H-pyrrole nitrogens is 2. The third kappa shape index (κ3) is 20.3. The number of phenols is 2. The van der Waals surface area contributed by atoms with Gasteiger partial charge in [0.1, 0.15) is 65.9 Å². The molecule has 4 heterocycles. The van der Waals surface area contributed by atoms with E-state index in [1.807, 2.05) is 0 Å². The first kappa shape index (κ1) is 69.6. The second-order valence-electron chi connectivity index (χ2n) is 24.3. The molecule has 11 amide bonds. The van der Waals surface area contributed by atoms with Crippen molar-refractivity contribution < 1.29 is 72.8 Å². The van der Waals surface area contributed by atoms with Gasteiger partial charge >= 0.3 is 0 Å². The molecule has 2 aliphatic rings. The Balaban J connectivity index is 1.12. The number of aromatic hydroxyl groups is 2. The number of para-hydroxylation sites is 1. The van der Waals surface area contributed by atoms with Crippen molar-refractivity contribution in [2.75, 3.05) is 26.3 Å². The van der Waals surface area contributed by atoms with Gasteiger partial charge < -0.3 is 88.5 Å². The molecular formula is C63H82N14O15. The van der Waals surface area contributed by atoms with Crippen LogP contribution in [0, 0.1) is 5.92 Å². The summed E-state index contributed by atoms with van der Waals surface area (Å²) in [6.45, 7) is 6.79. The summed E-state index contributed by atoms with van der Waals surface area (Å²) in [4.78, 5) is 164. The first-order chi connectivity index (χ1) is 43.7. The van der Waals surface area contributed by atoms with Crippen molar-refractivity contribution in [3.8, 4) is 11.5 Å². The van der Waals surface area contributed by atoms with Crippen LogP contribution < -0.4 is 53.6 Å². The summed E-state index contributed by atoms with van der Waals surface area (Å²) >= 11 is 0. The smallest absolute Gasteiger partial charge is 0.246 e. The normalized spacial score (nSPS) is 17.0. The van der Waals surface area contributed by atoms with Crippen molar-refractivity contribution in [1.82, 2.24) is 67.7 Å². The molecule has 0 unspecified atom stereocenters. The molecule has 2 aliphatic heterocycles. The van der Waals surface area contributed by atoms with Gasteiger partial charge in [0, 0.05) is 61.9 Å². The zero-order chi connectivity index (χ0) is 66.8. The second-order valence-corrected chi connectivity index (χ2v) is 24.3. The third-order valence-electron chi connectivity index (χ3n) is 15.4. The highest BCUT2D eigenvalue weighted by Crippen LogP contribution is 2.23. The molecule has 29 nitrogen and oxygen atoms in total. The summed E-state index contributed by atoms with van der Waals surface area (Å²) in [5.74, 6) is -9.11. The zero-order valence-electron chi connectivity index (χ0n) is 51.8. The van der Waals surface area contributed by atoms with Crippen molar-refractivity contribution in [2.45, 2.75) is 152 Å². The maximum absolute atomic E-state index is 14.8. The van der Waals surface area contributed by atoms with Crippen LogP contribution in [0.3, 0.4) is 0 Å². The molecule has 2 fully saturated rings. The van der Waals surface area contributed by atoms with Crippen LogP contribution in [0.5, 0.6) is 11.5 Å². The molecule has 5 aromatic rings. The van der Waals surface area contributed by atoms with Crippen LogP contribution in [0.1, 0.15) is 89.1 Å². The Morgan fingerprint density at radius 3 is 1.78 bits per heavy atom. The van der Waals surface area contributed by atoms with E-state index in [0.29, 0.717) is 39.7 Å². The Labute approximate surface area is 530 Å². The number of fused-ring (bicyclic) bond motifs is 1. The Bertz CT molecular complexity index is 3420. The number of ether oxygens (including phenoxy) is 1. The number of carbonyl (C=O) groups excluding carboxylic acids is 11. The maximum Gasteiger partial charge on any atom is 0.246 e. The fourth-order valence-electron chi connectivity index (χ4n) is 10.6. The number of primary amides is 1. The van der Waals surface area contributed by atoms with E-state index in [2.05, 4.69) is 62.8 Å². The van der Waals surface area contributed by atoms with Gasteiger partial charge in [0.15, 0.2) is 0 Å². The van der Waals surface area contributed by atoms with E-state index in [1.54, 1.807) is 77.2 Å². The number of imidazole rings is 1. The number of hydrogen-bond acceptors (Lipinski definition) is 16. The largest absolute Gasteiger partial charge is 0.508 e. The van der Waals surface area contributed by atoms with Crippen LogP contribution in [0.25, 0.3) is 10.9 Å². The highest BCUT2D eigenvalue weighted by atomic mass is 16.5. The highest BCUT2D eigenvalue weighted by Gasteiger charge is 2.40. The molecular weight excluding hydrogens is 1190 g/mol. The number of benzene rings is 3. The van der Waals surface area contributed by atoms with E-state index in [4.69, 9.17) is 10.5 Å². The van der Waals surface area contributed by atoms with Gasteiger partial charge in [0.05, 0.1) is 37.4 Å². The highest BCUT2D eigenvalue weighted by molar-refractivity contribution is 6.00. The fourth-order valence-corrected chi connectivity index (χ4v) is 10.6. The number of nitrogens with two attached hydrogens (primary N) is 1. The number of rotatable bonds is 31. The number of aromatic nitrogens is 3. The summed E-state index contributed by atoms with van der Waals surface area (Å²) in [6.07, 6.45) is 4.73. The average molecular weight is 1280 g/mol. The number of carbonyl (C=O) groups is 11. The van der Waals surface area contributed by atoms with Crippen LogP contribution in [0.4, 0.5) is 0 Å². The van der Waals surface area contributed by atoms with E-state index in [9.17, 15) is 68.1 Å². The molecule has 92 heavy (non-hydrogen) atoms. The first-order valence-corrected chi connectivity index (χ1v) is 30.4. The van der Waals surface area contributed by atoms with Crippen molar-refractivity contribution in [2.24, 2.45) is 11.7 Å². The summed E-state index contributed by atoms with van der Waals surface area (Å²) in [5.41, 5.74) is 6.90. The summed E-state index contributed by atoms with van der Waals surface area (Å²) in [7, 11) is 0.